The highest BCUT2D eigenvalue weighted by atomic mass is 19.3. The summed E-state index contributed by atoms with van der Waals surface area (Å²) >= 11 is 0. The first kappa shape index (κ1) is 8.77. The zero-order valence-corrected chi connectivity index (χ0v) is 6.55. The number of nitrogens with two attached hydrogens (primary N) is 1. The number of anilines is 1. The van der Waals surface area contributed by atoms with E-state index in [-0.39, 0.29) is 11.4 Å². The average molecular weight is 173 g/mol. The normalized spacial score (nSPS) is 11.2. The van der Waals surface area contributed by atoms with Crippen LogP contribution in [0.4, 0.5) is 14.5 Å². The lowest BCUT2D eigenvalue weighted by atomic mass is 10.3. The monoisotopic (exact) mass is 173 g/mol. The minimum atomic E-state index is -3.19. The fourth-order valence-electron chi connectivity index (χ4n) is 0.767. The van der Waals surface area contributed by atoms with E-state index in [0.29, 0.717) is 6.92 Å². The second kappa shape index (κ2) is 2.97. The van der Waals surface area contributed by atoms with Crippen LogP contribution < -0.4 is 10.5 Å². The third-order valence-electron chi connectivity index (χ3n) is 1.21. The van der Waals surface area contributed by atoms with Gasteiger partial charge < -0.3 is 10.5 Å². The van der Waals surface area contributed by atoms with Crippen LogP contribution in [0, 0.1) is 0 Å². The first-order chi connectivity index (χ1) is 5.49. The highest BCUT2D eigenvalue weighted by Gasteiger charge is 2.23. The van der Waals surface area contributed by atoms with Crippen LogP contribution in [0.1, 0.15) is 6.92 Å². The topological polar surface area (TPSA) is 35.2 Å². The zero-order chi connectivity index (χ0) is 9.19. The Labute approximate surface area is 68.9 Å². The van der Waals surface area contributed by atoms with Crippen molar-refractivity contribution in [2.45, 2.75) is 13.0 Å². The van der Waals surface area contributed by atoms with Gasteiger partial charge in [0.1, 0.15) is 5.75 Å². The van der Waals surface area contributed by atoms with Crippen LogP contribution in [-0.4, -0.2) is 6.11 Å². The van der Waals surface area contributed by atoms with Crippen molar-refractivity contribution in [2.75, 3.05) is 5.73 Å². The van der Waals surface area contributed by atoms with Crippen LogP contribution in [0.5, 0.6) is 5.75 Å². The molecule has 0 spiro atoms. The first-order valence-corrected chi connectivity index (χ1v) is 3.40. The van der Waals surface area contributed by atoms with Crippen LogP contribution >= 0.6 is 0 Å². The number of nitrogen functional groups attached to an aromatic ring is 1. The molecule has 0 aliphatic rings. The molecular formula is C8H9F2NO. The average Bonchev–Trinajstić information content (AvgIpc) is 1.91. The van der Waals surface area contributed by atoms with Gasteiger partial charge in [-0.25, -0.2) is 0 Å². The van der Waals surface area contributed by atoms with E-state index in [0.717, 1.165) is 0 Å². The molecule has 1 rings (SSSR count). The zero-order valence-electron chi connectivity index (χ0n) is 6.55. The molecule has 0 heterocycles. The van der Waals surface area contributed by atoms with Gasteiger partial charge in [0.15, 0.2) is 0 Å². The highest BCUT2D eigenvalue weighted by Crippen LogP contribution is 2.26. The molecule has 0 fully saturated rings. The maximum absolute atomic E-state index is 12.3. The third kappa shape index (κ3) is 2.38. The number of benzene rings is 1. The molecule has 1 aromatic carbocycles. The quantitative estimate of drug-likeness (QED) is 0.696. The summed E-state index contributed by atoms with van der Waals surface area (Å²) in [5.74, 6) is 0.00463. The molecule has 0 amide bonds. The van der Waals surface area contributed by atoms with E-state index in [1.54, 1.807) is 12.1 Å². The van der Waals surface area contributed by atoms with Crippen molar-refractivity contribution in [1.82, 2.24) is 0 Å². The minimum absolute atomic E-state index is 0.00463. The number of hydrogen-bond donors (Lipinski definition) is 1. The Kier molecular flexibility index (Phi) is 2.17. The summed E-state index contributed by atoms with van der Waals surface area (Å²) < 4.78 is 28.9. The van der Waals surface area contributed by atoms with Crippen molar-refractivity contribution in [3.63, 3.8) is 0 Å². The minimum Gasteiger partial charge on any atom is -0.431 e. The second-order valence-electron chi connectivity index (χ2n) is 2.45. The molecule has 0 saturated carbocycles. The summed E-state index contributed by atoms with van der Waals surface area (Å²) in [5.41, 5.74) is 5.58. The van der Waals surface area contributed by atoms with E-state index in [4.69, 9.17) is 5.73 Å². The van der Waals surface area contributed by atoms with Crippen molar-refractivity contribution >= 4 is 5.69 Å². The molecule has 0 aliphatic heterocycles. The Hall–Kier alpha value is -1.32. The fourth-order valence-corrected chi connectivity index (χ4v) is 0.767. The van der Waals surface area contributed by atoms with E-state index in [9.17, 15) is 8.78 Å². The van der Waals surface area contributed by atoms with Crippen molar-refractivity contribution in [3.8, 4) is 5.75 Å². The standard InChI is InChI=1S/C8H9F2NO/c1-8(9,10)12-7-5-3-2-4-6(7)11/h2-5H,11H2,1H3. The Morgan fingerprint density at radius 3 is 2.42 bits per heavy atom. The van der Waals surface area contributed by atoms with Crippen molar-refractivity contribution in [1.29, 1.82) is 0 Å². The van der Waals surface area contributed by atoms with Gasteiger partial charge in [-0.1, -0.05) is 12.1 Å². The predicted molar refractivity (Wildman–Crippen MR) is 42.1 cm³/mol. The lowest BCUT2D eigenvalue weighted by Crippen LogP contribution is -2.19. The number of hydrogen-bond acceptors (Lipinski definition) is 2. The molecule has 0 unspecified atom stereocenters. The lowest BCUT2D eigenvalue weighted by molar-refractivity contribution is -0.158. The number of halogens is 2. The molecule has 0 saturated heterocycles. The molecule has 12 heavy (non-hydrogen) atoms. The predicted octanol–water partition coefficient (Wildman–Crippen LogP) is 2.26. The van der Waals surface area contributed by atoms with Gasteiger partial charge in [0, 0.05) is 6.92 Å². The summed E-state index contributed by atoms with van der Waals surface area (Å²) in [6.07, 6.45) is -3.19. The fraction of sp³-hybridized carbons (Fsp3) is 0.250. The molecular weight excluding hydrogens is 164 g/mol. The van der Waals surface area contributed by atoms with Crippen LogP contribution in [-0.2, 0) is 0 Å². The second-order valence-corrected chi connectivity index (χ2v) is 2.45. The van der Waals surface area contributed by atoms with E-state index in [1.807, 2.05) is 0 Å². The van der Waals surface area contributed by atoms with Gasteiger partial charge in [-0.2, -0.15) is 8.78 Å². The van der Waals surface area contributed by atoms with Crippen LogP contribution in [0.15, 0.2) is 24.3 Å². The van der Waals surface area contributed by atoms with Crippen LogP contribution in [0.25, 0.3) is 0 Å². The first-order valence-electron chi connectivity index (χ1n) is 3.40. The maximum Gasteiger partial charge on any atom is 0.394 e. The molecule has 66 valence electrons. The molecule has 0 radical (unpaired) electrons. The maximum atomic E-state index is 12.3. The van der Waals surface area contributed by atoms with Gasteiger partial charge in [0.2, 0.25) is 0 Å². The molecule has 0 atom stereocenters. The van der Waals surface area contributed by atoms with Gasteiger partial charge in [-0.15, -0.1) is 0 Å². The van der Waals surface area contributed by atoms with E-state index < -0.39 is 6.11 Å². The summed E-state index contributed by atoms with van der Waals surface area (Å²) in [7, 11) is 0. The molecule has 0 aromatic heterocycles. The van der Waals surface area contributed by atoms with Crippen LogP contribution in [0.3, 0.4) is 0 Å². The molecule has 0 aliphatic carbocycles. The molecule has 1 aromatic rings. The number of ether oxygens (including phenoxy) is 1. The van der Waals surface area contributed by atoms with Gasteiger partial charge >= 0.3 is 6.11 Å². The Bertz CT molecular complexity index is 270. The molecule has 2 nitrogen and oxygen atoms in total. The van der Waals surface area contributed by atoms with Crippen molar-refractivity contribution < 1.29 is 13.5 Å². The van der Waals surface area contributed by atoms with E-state index in [2.05, 4.69) is 4.74 Å². The number of alkyl halides is 2. The van der Waals surface area contributed by atoms with Crippen molar-refractivity contribution in [2.24, 2.45) is 0 Å². The number of para-hydroxylation sites is 2. The molecule has 0 bridgehead atoms. The Morgan fingerprint density at radius 2 is 1.92 bits per heavy atom. The van der Waals surface area contributed by atoms with E-state index in [1.165, 1.54) is 12.1 Å². The molecule has 4 heteroatoms. The third-order valence-corrected chi connectivity index (χ3v) is 1.21. The van der Waals surface area contributed by atoms with Gasteiger partial charge in [-0.3, -0.25) is 0 Å². The molecule has 2 N–H and O–H groups in total. The summed E-state index contributed by atoms with van der Waals surface area (Å²) in [5, 5.41) is 0. The van der Waals surface area contributed by atoms with Gasteiger partial charge in [-0.05, 0) is 12.1 Å². The van der Waals surface area contributed by atoms with E-state index >= 15 is 0 Å². The van der Waals surface area contributed by atoms with Gasteiger partial charge in [0.25, 0.3) is 0 Å². The largest absolute Gasteiger partial charge is 0.431 e. The van der Waals surface area contributed by atoms with Crippen LogP contribution in [0.2, 0.25) is 0 Å². The SMILES string of the molecule is CC(F)(F)Oc1ccccc1N. The Morgan fingerprint density at radius 1 is 1.33 bits per heavy atom. The highest BCUT2D eigenvalue weighted by molar-refractivity contribution is 5.51. The smallest absolute Gasteiger partial charge is 0.394 e. The number of rotatable bonds is 2. The summed E-state index contributed by atoms with van der Waals surface area (Å²) in [6, 6.07) is 6.13. The van der Waals surface area contributed by atoms with Crippen molar-refractivity contribution in [3.05, 3.63) is 24.3 Å². The Balaban J connectivity index is 2.83. The lowest BCUT2D eigenvalue weighted by Gasteiger charge is -2.13. The summed E-state index contributed by atoms with van der Waals surface area (Å²) in [6.45, 7) is 0.666. The van der Waals surface area contributed by atoms with Gasteiger partial charge in [0.05, 0.1) is 5.69 Å². The summed E-state index contributed by atoms with van der Waals surface area (Å²) in [4.78, 5) is 0.